The van der Waals surface area contributed by atoms with Crippen molar-refractivity contribution in [3.05, 3.63) is 78.3 Å². The van der Waals surface area contributed by atoms with Crippen LogP contribution >= 0.6 is 0 Å². The van der Waals surface area contributed by atoms with Crippen molar-refractivity contribution in [3.8, 4) is 11.1 Å². The molecule has 0 saturated carbocycles. The highest BCUT2D eigenvalue weighted by molar-refractivity contribution is 6.03. The van der Waals surface area contributed by atoms with Crippen molar-refractivity contribution in [2.24, 2.45) is 7.05 Å². The summed E-state index contributed by atoms with van der Waals surface area (Å²) < 4.78 is 3.34. The van der Waals surface area contributed by atoms with E-state index in [1.807, 2.05) is 30.3 Å². The lowest BCUT2D eigenvalue weighted by Gasteiger charge is -2.26. The lowest BCUT2D eigenvalue weighted by atomic mass is 10.1. The molecule has 1 aliphatic heterocycles. The number of carbonyl (C=O) groups is 2. The average molecular weight is 524 g/mol. The Balaban J connectivity index is 1.13. The summed E-state index contributed by atoms with van der Waals surface area (Å²) in [6, 6.07) is 5.40. The second-order valence-electron chi connectivity index (χ2n) is 9.38. The second kappa shape index (κ2) is 10.0. The second-order valence-corrected chi connectivity index (χ2v) is 9.38. The third-order valence-electron chi connectivity index (χ3n) is 6.58. The van der Waals surface area contributed by atoms with Crippen molar-refractivity contribution in [1.82, 2.24) is 44.2 Å². The molecule has 13 heteroatoms. The van der Waals surface area contributed by atoms with Gasteiger partial charge in [0.1, 0.15) is 6.33 Å². The smallest absolute Gasteiger partial charge is 0.294 e. The van der Waals surface area contributed by atoms with Crippen molar-refractivity contribution < 1.29 is 9.59 Å². The van der Waals surface area contributed by atoms with Gasteiger partial charge in [-0.15, -0.1) is 10.2 Å². The zero-order valence-electron chi connectivity index (χ0n) is 21.4. The maximum absolute atomic E-state index is 13.1. The molecule has 0 fully saturated rings. The summed E-state index contributed by atoms with van der Waals surface area (Å²) in [5.41, 5.74) is 5.99. The molecule has 2 amide bonds. The third-order valence-corrected chi connectivity index (χ3v) is 6.58. The third kappa shape index (κ3) is 5.07. The minimum absolute atomic E-state index is 0.130. The number of nitrogens with one attached hydrogen (secondary N) is 2. The number of carbonyl (C=O) groups excluding carboxylic acids is 2. The summed E-state index contributed by atoms with van der Waals surface area (Å²) in [5.74, 6) is -0.490. The first-order valence-electron chi connectivity index (χ1n) is 12.3. The lowest BCUT2D eigenvalue weighted by Crippen LogP contribution is -2.37. The monoisotopic (exact) mass is 523 g/mol. The first-order chi connectivity index (χ1) is 18.9. The Morgan fingerprint density at radius 2 is 1.95 bits per heavy atom. The molecule has 13 nitrogen and oxygen atoms in total. The molecule has 0 atom stereocenters. The number of nitrogens with zero attached hydrogens (tertiary/aromatic N) is 9. The number of aromatic nitrogens is 8. The normalized spacial score (nSPS) is 13.3. The van der Waals surface area contributed by atoms with Crippen LogP contribution in [0.2, 0.25) is 0 Å². The van der Waals surface area contributed by atoms with Crippen LogP contribution in [-0.2, 0) is 24.8 Å². The molecule has 0 bridgehead atoms. The van der Waals surface area contributed by atoms with Gasteiger partial charge in [-0.1, -0.05) is 0 Å². The van der Waals surface area contributed by atoms with Gasteiger partial charge in [0.15, 0.2) is 5.65 Å². The molecule has 0 unspecified atom stereocenters. The van der Waals surface area contributed by atoms with Gasteiger partial charge in [0.05, 0.1) is 36.0 Å². The van der Waals surface area contributed by atoms with E-state index in [9.17, 15) is 9.59 Å². The van der Waals surface area contributed by atoms with Gasteiger partial charge in [0.25, 0.3) is 5.91 Å². The van der Waals surface area contributed by atoms with Crippen LogP contribution in [0, 0.1) is 6.92 Å². The van der Waals surface area contributed by atoms with Gasteiger partial charge in [0.2, 0.25) is 11.7 Å². The van der Waals surface area contributed by atoms with Crippen LogP contribution in [0.1, 0.15) is 27.6 Å². The molecule has 0 saturated heterocycles. The van der Waals surface area contributed by atoms with E-state index in [1.165, 1.54) is 0 Å². The molecule has 39 heavy (non-hydrogen) atoms. The van der Waals surface area contributed by atoms with Crippen molar-refractivity contribution in [3.63, 3.8) is 0 Å². The van der Waals surface area contributed by atoms with E-state index in [-0.39, 0.29) is 18.3 Å². The van der Waals surface area contributed by atoms with Crippen LogP contribution in [0.25, 0.3) is 16.8 Å². The summed E-state index contributed by atoms with van der Waals surface area (Å²) in [6.45, 7) is 3.35. The number of hydrogen-bond acceptors (Lipinski definition) is 9. The van der Waals surface area contributed by atoms with E-state index in [0.29, 0.717) is 29.3 Å². The number of anilines is 2. The summed E-state index contributed by atoms with van der Waals surface area (Å²) >= 11 is 0. The number of pyridine rings is 2. The van der Waals surface area contributed by atoms with Gasteiger partial charge in [-0.2, -0.15) is 5.10 Å². The Morgan fingerprint density at radius 3 is 2.79 bits per heavy atom. The van der Waals surface area contributed by atoms with Gasteiger partial charge in [-0.25, -0.2) is 9.97 Å². The van der Waals surface area contributed by atoms with Crippen molar-refractivity contribution in [1.29, 1.82) is 0 Å². The molecule has 1 aliphatic rings. The standard InChI is InChI=1S/C26H25N11O2/c1-16-22(8-20(11-28-16)31-24(38)14-36-5-4-21-19(13-36)9-27-15-29-21)32-26(39)25-34-33-23-7-17(3-6-37(23)25)18-10-30-35(2)12-18/h3,6-12,15H,4-5,13-14H2,1-2H3,(H,31,38)(H,32,39). The molecule has 6 heterocycles. The van der Waals surface area contributed by atoms with Gasteiger partial charge < -0.3 is 10.6 Å². The quantitative estimate of drug-likeness (QED) is 0.340. The molecule has 5 aromatic rings. The number of fused-ring (bicyclic) bond motifs is 2. The molecule has 6 rings (SSSR count). The zero-order chi connectivity index (χ0) is 26.9. The molecular weight excluding hydrogens is 498 g/mol. The average Bonchev–Trinajstić information content (AvgIpc) is 3.56. The first kappa shape index (κ1) is 24.3. The van der Waals surface area contributed by atoms with Crippen LogP contribution < -0.4 is 10.6 Å². The minimum atomic E-state index is -0.445. The molecular formula is C26H25N11O2. The largest absolute Gasteiger partial charge is 0.324 e. The van der Waals surface area contributed by atoms with Crippen LogP contribution in [-0.4, -0.2) is 69.1 Å². The first-order valence-corrected chi connectivity index (χ1v) is 12.3. The summed E-state index contributed by atoms with van der Waals surface area (Å²) in [5, 5.41) is 18.2. The molecule has 0 aliphatic carbocycles. The van der Waals surface area contributed by atoms with Crippen molar-refractivity contribution in [2.45, 2.75) is 19.9 Å². The van der Waals surface area contributed by atoms with E-state index < -0.39 is 5.91 Å². The van der Waals surface area contributed by atoms with Crippen LogP contribution in [0.3, 0.4) is 0 Å². The maximum atomic E-state index is 13.1. The van der Waals surface area contributed by atoms with Crippen LogP contribution in [0.4, 0.5) is 11.4 Å². The Bertz CT molecular complexity index is 1710. The topological polar surface area (TPSA) is 148 Å². The SMILES string of the molecule is Cc1ncc(NC(=O)CN2CCc3ncncc3C2)cc1NC(=O)c1nnc2cc(-c3cnn(C)c3)ccn12. The fourth-order valence-corrected chi connectivity index (χ4v) is 4.57. The Morgan fingerprint density at radius 1 is 1.05 bits per heavy atom. The van der Waals surface area contributed by atoms with E-state index in [2.05, 4.69) is 40.9 Å². The summed E-state index contributed by atoms with van der Waals surface area (Å²) in [7, 11) is 1.85. The van der Waals surface area contributed by atoms with Crippen LogP contribution in [0.15, 0.2) is 55.5 Å². The molecule has 2 N–H and O–H groups in total. The Hall–Kier alpha value is -5.04. The maximum Gasteiger partial charge on any atom is 0.294 e. The lowest BCUT2D eigenvalue weighted by molar-refractivity contribution is -0.117. The highest BCUT2D eigenvalue weighted by Gasteiger charge is 2.20. The highest BCUT2D eigenvalue weighted by atomic mass is 16.2. The number of hydrogen-bond donors (Lipinski definition) is 2. The summed E-state index contributed by atoms with van der Waals surface area (Å²) in [4.78, 5) is 40.6. The van der Waals surface area contributed by atoms with Crippen LogP contribution in [0.5, 0.6) is 0 Å². The van der Waals surface area contributed by atoms with E-state index in [1.54, 1.807) is 53.2 Å². The Labute approximate surface area is 222 Å². The number of amides is 2. The van der Waals surface area contributed by atoms with E-state index in [0.717, 1.165) is 35.3 Å². The summed E-state index contributed by atoms with van der Waals surface area (Å²) in [6.07, 6.45) is 11.1. The van der Waals surface area contributed by atoms with Crippen molar-refractivity contribution >= 4 is 28.8 Å². The fourth-order valence-electron chi connectivity index (χ4n) is 4.57. The molecule has 0 spiro atoms. The fraction of sp³-hybridized carbons (Fsp3) is 0.231. The van der Waals surface area contributed by atoms with Gasteiger partial charge >= 0.3 is 0 Å². The van der Waals surface area contributed by atoms with E-state index >= 15 is 0 Å². The minimum Gasteiger partial charge on any atom is -0.324 e. The molecule has 5 aromatic heterocycles. The predicted octanol–water partition coefficient (Wildman–Crippen LogP) is 1.87. The van der Waals surface area contributed by atoms with E-state index in [4.69, 9.17) is 0 Å². The molecule has 0 radical (unpaired) electrons. The van der Waals surface area contributed by atoms with Crippen molar-refractivity contribution in [2.75, 3.05) is 23.7 Å². The van der Waals surface area contributed by atoms with Gasteiger partial charge in [-0.05, 0) is 30.7 Å². The highest BCUT2D eigenvalue weighted by Crippen LogP contribution is 2.22. The predicted molar refractivity (Wildman–Crippen MR) is 142 cm³/mol. The van der Waals surface area contributed by atoms with Gasteiger partial charge in [0, 0.05) is 62.0 Å². The molecule has 0 aromatic carbocycles. The van der Waals surface area contributed by atoms with Gasteiger partial charge in [-0.3, -0.25) is 28.6 Å². The number of rotatable bonds is 6. The Kier molecular flexibility index (Phi) is 6.25. The number of aryl methyl sites for hydroxylation is 2. The molecule has 196 valence electrons. The zero-order valence-corrected chi connectivity index (χ0v) is 21.4.